The van der Waals surface area contributed by atoms with Crippen molar-refractivity contribution in [3.63, 3.8) is 0 Å². The molecule has 0 unspecified atom stereocenters. The Kier molecular flexibility index (Phi) is 6.47. The number of carbonyl (C=O) groups excluding carboxylic acids is 2. The average Bonchev–Trinajstić information content (AvgIpc) is 2.95. The van der Waals surface area contributed by atoms with Crippen LogP contribution in [-0.2, 0) is 20.8 Å². The number of H-pyrrole nitrogens is 1. The lowest BCUT2D eigenvalue weighted by Crippen LogP contribution is -2.51. The zero-order chi connectivity index (χ0) is 16.7. The van der Waals surface area contributed by atoms with Crippen molar-refractivity contribution in [2.45, 2.75) is 31.5 Å². The number of aliphatic hydroxyl groups excluding tert-OH is 1. The lowest BCUT2D eigenvalue weighted by atomic mass is 10.1. The van der Waals surface area contributed by atoms with E-state index in [-0.39, 0.29) is 6.42 Å². The first-order valence-electron chi connectivity index (χ1n) is 6.52. The summed E-state index contributed by atoms with van der Waals surface area (Å²) in [7, 11) is 0. The number of aliphatic carboxylic acids is 1. The molecule has 1 heterocycles. The maximum Gasteiger partial charge on any atom is 0.326 e. The fourth-order valence-electron chi connectivity index (χ4n) is 1.57. The van der Waals surface area contributed by atoms with Gasteiger partial charge in [0.2, 0.25) is 11.8 Å². The number of imidazole rings is 1. The van der Waals surface area contributed by atoms with Crippen molar-refractivity contribution < 1.29 is 24.6 Å². The van der Waals surface area contributed by atoms with Gasteiger partial charge in [0.1, 0.15) is 12.1 Å². The van der Waals surface area contributed by atoms with Gasteiger partial charge >= 0.3 is 5.97 Å². The number of nitrogens with one attached hydrogen (secondary N) is 3. The Bertz CT molecular complexity index is 516. The highest BCUT2D eigenvalue weighted by Gasteiger charge is 2.23. The predicted molar refractivity (Wildman–Crippen MR) is 74.5 cm³/mol. The minimum Gasteiger partial charge on any atom is -0.480 e. The number of carboxylic acid groups (broad SMARTS) is 1. The molecule has 1 rings (SSSR count). The molecule has 122 valence electrons. The van der Waals surface area contributed by atoms with Crippen LogP contribution in [0.2, 0.25) is 0 Å². The van der Waals surface area contributed by atoms with E-state index >= 15 is 0 Å². The summed E-state index contributed by atoms with van der Waals surface area (Å²) in [6, 6.07) is -2.32. The smallest absolute Gasteiger partial charge is 0.326 e. The normalized spacial score (nSPS) is 14.7. The molecular formula is C12H19N5O5. The first-order chi connectivity index (χ1) is 10.3. The molecule has 7 N–H and O–H groups in total. The molecule has 0 saturated carbocycles. The van der Waals surface area contributed by atoms with Gasteiger partial charge in [-0.2, -0.15) is 0 Å². The number of amides is 2. The van der Waals surface area contributed by atoms with Crippen molar-refractivity contribution in [2.24, 2.45) is 5.73 Å². The zero-order valence-electron chi connectivity index (χ0n) is 11.9. The van der Waals surface area contributed by atoms with Gasteiger partial charge in [0.25, 0.3) is 0 Å². The van der Waals surface area contributed by atoms with E-state index in [1.54, 1.807) is 0 Å². The number of rotatable bonds is 8. The third-order valence-electron chi connectivity index (χ3n) is 2.86. The van der Waals surface area contributed by atoms with Gasteiger partial charge in [0.05, 0.1) is 19.0 Å². The van der Waals surface area contributed by atoms with Crippen LogP contribution in [0.25, 0.3) is 0 Å². The Morgan fingerprint density at radius 1 is 1.45 bits per heavy atom. The highest BCUT2D eigenvalue weighted by atomic mass is 16.4. The third-order valence-corrected chi connectivity index (χ3v) is 2.86. The molecule has 1 aromatic rings. The van der Waals surface area contributed by atoms with Crippen molar-refractivity contribution in [3.05, 3.63) is 18.2 Å². The summed E-state index contributed by atoms with van der Waals surface area (Å²) in [4.78, 5) is 40.7. The van der Waals surface area contributed by atoms with E-state index in [1.807, 2.05) is 0 Å². The molecule has 22 heavy (non-hydrogen) atoms. The monoisotopic (exact) mass is 313 g/mol. The molecule has 10 nitrogen and oxygen atoms in total. The molecule has 0 aliphatic rings. The van der Waals surface area contributed by atoms with Crippen LogP contribution in [0.5, 0.6) is 0 Å². The molecule has 1 aromatic heterocycles. The Morgan fingerprint density at radius 2 is 2.14 bits per heavy atom. The second-order valence-electron chi connectivity index (χ2n) is 4.72. The second-order valence-corrected chi connectivity index (χ2v) is 4.72. The van der Waals surface area contributed by atoms with Gasteiger partial charge in [0.15, 0.2) is 0 Å². The van der Waals surface area contributed by atoms with Crippen molar-refractivity contribution in [1.29, 1.82) is 0 Å². The Labute approximate surface area is 126 Å². The van der Waals surface area contributed by atoms with Crippen molar-refractivity contribution in [1.82, 2.24) is 20.6 Å². The van der Waals surface area contributed by atoms with E-state index in [9.17, 15) is 14.4 Å². The van der Waals surface area contributed by atoms with Gasteiger partial charge in [0, 0.05) is 18.3 Å². The number of aliphatic hydroxyl groups is 1. The summed E-state index contributed by atoms with van der Waals surface area (Å²) in [5.74, 6) is -2.60. The first-order valence-corrected chi connectivity index (χ1v) is 6.52. The van der Waals surface area contributed by atoms with Crippen LogP contribution in [0.3, 0.4) is 0 Å². The third kappa shape index (κ3) is 5.50. The van der Waals surface area contributed by atoms with Crippen LogP contribution < -0.4 is 16.4 Å². The van der Waals surface area contributed by atoms with Crippen LogP contribution in [0.15, 0.2) is 12.5 Å². The molecule has 0 aliphatic carbocycles. The maximum absolute atomic E-state index is 11.7. The highest BCUT2D eigenvalue weighted by Crippen LogP contribution is 1.98. The zero-order valence-corrected chi connectivity index (χ0v) is 11.9. The maximum atomic E-state index is 11.7. The molecule has 0 bridgehead atoms. The standard InChI is InChI=1S/C12H19N5O5/c1-6(18)10(13)11(20)15-4-9(19)17-8(12(21)22)2-7-3-14-5-16-7/h3,5-6,8,10,18H,2,4,13H2,1H3,(H,14,16)(H,15,20)(H,17,19)(H,21,22)/t6-,8+,10+/m1/s1. The molecule has 0 saturated heterocycles. The topological polar surface area (TPSA) is 170 Å². The van der Waals surface area contributed by atoms with Gasteiger partial charge < -0.3 is 31.6 Å². The highest BCUT2D eigenvalue weighted by molar-refractivity contribution is 5.89. The van der Waals surface area contributed by atoms with Crippen molar-refractivity contribution in [3.8, 4) is 0 Å². The van der Waals surface area contributed by atoms with Crippen LogP contribution in [0.1, 0.15) is 12.6 Å². The molecule has 10 heteroatoms. The summed E-state index contributed by atoms with van der Waals surface area (Å²) in [6.07, 6.45) is 1.82. The average molecular weight is 313 g/mol. The van der Waals surface area contributed by atoms with E-state index in [0.29, 0.717) is 5.69 Å². The number of aromatic amines is 1. The fourth-order valence-corrected chi connectivity index (χ4v) is 1.57. The summed E-state index contributed by atoms with van der Waals surface area (Å²) in [5.41, 5.74) is 5.94. The summed E-state index contributed by atoms with van der Waals surface area (Å²) >= 11 is 0. The van der Waals surface area contributed by atoms with Gasteiger partial charge in [-0.05, 0) is 6.92 Å². The van der Waals surface area contributed by atoms with E-state index in [4.69, 9.17) is 15.9 Å². The summed E-state index contributed by atoms with van der Waals surface area (Å²) in [5, 5.41) is 22.7. The largest absolute Gasteiger partial charge is 0.480 e. The van der Waals surface area contributed by atoms with Crippen LogP contribution >= 0.6 is 0 Å². The van der Waals surface area contributed by atoms with Crippen molar-refractivity contribution >= 4 is 17.8 Å². The second kappa shape index (κ2) is 8.10. The Hall–Kier alpha value is -2.46. The molecule has 3 atom stereocenters. The molecule has 2 amide bonds. The van der Waals surface area contributed by atoms with Crippen molar-refractivity contribution in [2.75, 3.05) is 6.54 Å². The lowest BCUT2D eigenvalue weighted by molar-refractivity contribution is -0.141. The number of hydrogen-bond acceptors (Lipinski definition) is 6. The van der Waals surface area contributed by atoms with E-state index in [0.717, 1.165) is 0 Å². The predicted octanol–water partition coefficient (Wildman–Crippen LogP) is -2.65. The van der Waals surface area contributed by atoms with Crippen LogP contribution in [0.4, 0.5) is 0 Å². The number of carbonyl (C=O) groups is 3. The van der Waals surface area contributed by atoms with Crippen LogP contribution in [-0.4, -0.2) is 62.7 Å². The Morgan fingerprint density at radius 3 is 2.64 bits per heavy atom. The van der Waals surface area contributed by atoms with Crippen LogP contribution in [0, 0.1) is 0 Å². The quantitative estimate of drug-likeness (QED) is 0.304. The van der Waals surface area contributed by atoms with Gasteiger partial charge in [-0.25, -0.2) is 9.78 Å². The van der Waals surface area contributed by atoms with Gasteiger partial charge in [-0.15, -0.1) is 0 Å². The minimum atomic E-state index is -1.21. The first kappa shape index (κ1) is 17.6. The van der Waals surface area contributed by atoms with Gasteiger partial charge in [-0.1, -0.05) is 0 Å². The molecule has 0 aliphatic heterocycles. The lowest BCUT2D eigenvalue weighted by Gasteiger charge is -2.16. The van der Waals surface area contributed by atoms with E-state index < -0.39 is 42.5 Å². The number of aromatic nitrogens is 2. The summed E-state index contributed by atoms with van der Waals surface area (Å²) in [6.45, 7) is 0.904. The van der Waals surface area contributed by atoms with E-state index in [2.05, 4.69) is 20.6 Å². The molecule has 0 spiro atoms. The number of nitrogens with two attached hydrogens (primary N) is 1. The molecule has 0 radical (unpaired) electrons. The number of hydrogen-bond donors (Lipinski definition) is 6. The summed E-state index contributed by atoms with van der Waals surface area (Å²) < 4.78 is 0. The van der Waals surface area contributed by atoms with E-state index in [1.165, 1.54) is 19.4 Å². The van der Waals surface area contributed by atoms with Gasteiger partial charge in [-0.3, -0.25) is 9.59 Å². The number of nitrogens with zero attached hydrogens (tertiary/aromatic N) is 1. The SMILES string of the molecule is C[C@@H](O)[C@H](N)C(=O)NCC(=O)N[C@@H](Cc1cnc[nH]1)C(=O)O. The molecular weight excluding hydrogens is 294 g/mol. The number of carboxylic acids is 1. The fraction of sp³-hybridized carbons (Fsp3) is 0.500. The minimum absolute atomic E-state index is 0.0300. The molecule has 0 aromatic carbocycles. The Balaban J connectivity index is 2.47. The molecule has 0 fully saturated rings.